The van der Waals surface area contributed by atoms with Crippen LogP contribution in [0.25, 0.3) is 0 Å². The molecule has 1 unspecified atom stereocenters. The van der Waals surface area contributed by atoms with Gasteiger partial charge in [-0.3, -0.25) is 4.79 Å². The smallest absolute Gasteiger partial charge is 0.306 e. The molecule has 1 atom stereocenters. The fraction of sp³-hybridized carbons (Fsp3) is 0.562. The molecule has 0 amide bonds. The van der Waals surface area contributed by atoms with Crippen molar-refractivity contribution in [2.24, 2.45) is 5.41 Å². The predicted molar refractivity (Wildman–Crippen MR) is 72.4 cm³/mol. The zero-order valence-corrected chi connectivity index (χ0v) is 11.3. The first kappa shape index (κ1) is 13.1. The molecule has 1 aliphatic rings. The second-order valence-electron chi connectivity index (χ2n) is 5.63. The molecule has 0 heterocycles. The predicted octanol–water partition coefficient (Wildman–Crippen LogP) is 3.91. The molecule has 1 aromatic rings. The van der Waals surface area contributed by atoms with Crippen LogP contribution < -0.4 is 0 Å². The first-order chi connectivity index (χ1) is 8.63. The van der Waals surface area contributed by atoms with Gasteiger partial charge in [-0.2, -0.15) is 0 Å². The van der Waals surface area contributed by atoms with E-state index in [0.717, 1.165) is 6.42 Å². The third-order valence-electron chi connectivity index (χ3n) is 3.83. The maximum Gasteiger partial charge on any atom is 0.306 e. The van der Waals surface area contributed by atoms with Crippen LogP contribution in [0, 0.1) is 5.41 Å². The standard InChI is InChI=1S/C16H22O2/c1-3-18-15(17)11-14(12-16(2)9-10-16)13-7-5-4-6-8-13/h4-8,14H,3,9-12H2,1-2H3. The minimum absolute atomic E-state index is 0.0735. The van der Waals surface area contributed by atoms with Gasteiger partial charge in [-0.05, 0) is 43.1 Å². The molecule has 0 radical (unpaired) electrons. The lowest BCUT2D eigenvalue weighted by molar-refractivity contribution is -0.143. The number of ether oxygens (including phenoxy) is 1. The molecule has 1 aromatic carbocycles. The van der Waals surface area contributed by atoms with Gasteiger partial charge in [0.05, 0.1) is 13.0 Å². The molecule has 2 rings (SSSR count). The lowest BCUT2D eigenvalue weighted by Gasteiger charge is -2.20. The molecule has 2 heteroatoms. The quantitative estimate of drug-likeness (QED) is 0.711. The highest BCUT2D eigenvalue weighted by Gasteiger charge is 2.39. The lowest BCUT2D eigenvalue weighted by Crippen LogP contribution is -2.13. The van der Waals surface area contributed by atoms with Crippen LogP contribution in [0.15, 0.2) is 30.3 Å². The van der Waals surface area contributed by atoms with E-state index in [2.05, 4.69) is 19.1 Å². The molecule has 98 valence electrons. The molecule has 1 aliphatic carbocycles. The molecule has 0 bridgehead atoms. The van der Waals surface area contributed by atoms with Crippen LogP contribution in [0.3, 0.4) is 0 Å². The van der Waals surface area contributed by atoms with Gasteiger partial charge >= 0.3 is 5.97 Å². The number of benzene rings is 1. The highest BCUT2D eigenvalue weighted by molar-refractivity contribution is 5.70. The third-order valence-corrected chi connectivity index (χ3v) is 3.83. The normalized spacial score (nSPS) is 18.1. The molecule has 18 heavy (non-hydrogen) atoms. The highest BCUT2D eigenvalue weighted by Crippen LogP contribution is 2.52. The summed E-state index contributed by atoms with van der Waals surface area (Å²) in [7, 11) is 0. The van der Waals surface area contributed by atoms with Crippen molar-refractivity contribution in [3.8, 4) is 0 Å². The summed E-state index contributed by atoms with van der Waals surface area (Å²) in [4.78, 5) is 11.7. The van der Waals surface area contributed by atoms with Gasteiger partial charge < -0.3 is 4.74 Å². The van der Waals surface area contributed by atoms with Crippen molar-refractivity contribution in [1.82, 2.24) is 0 Å². The van der Waals surface area contributed by atoms with E-state index in [4.69, 9.17) is 4.74 Å². The average molecular weight is 246 g/mol. The minimum Gasteiger partial charge on any atom is -0.466 e. The maximum absolute atomic E-state index is 11.7. The van der Waals surface area contributed by atoms with Gasteiger partial charge in [0.25, 0.3) is 0 Å². The summed E-state index contributed by atoms with van der Waals surface area (Å²) < 4.78 is 5.09. The number of hydrogen-bond acceptors (Lipinski definition) is 2. The van der Waals surface area contributed by atoms with Crippen molar-refractivity contribution < 1.29 is 9.53 Å². The second kappa shape index (κ2) is 5.55. The minimum atomic E-state index is -0.0735. The van der Waals surface area contributed by atoms with E-state index in [1.54, 1.807) is 0 Å². The molecule has 1 saturated carbocycles. The van der Waals surface area contributed by atoms with Crippen LogP contribution in [0.5, 0.6) is 0 Å². The highest BCUT2D eigenvalue weighted by atomic mass is 16.5. The summed E-state index contributed by atoms with van der Waals surface area (Å²) in [5.74, 6) is 0.230. The van der Waals surface area contributed by atoms with Gasteiger partial charge in [0, 0.05) is 0 Å². The molecule has 0 aliphatic heterocycles. The van der Waals surface area contributed by atoms with Crippen LogP contribution in [-0.2, 0) is 9.53 Å². The largest absolute Gasteiger partial charge is 0.466 e. The Balaban J connectivity index is 2.05. The molecule has 1 fully saturated rings. The van der Waals surface area contributed by atoms with E-state index < -0.39 is 0 Å². The van der Waals surface area contributed by atoms with Gasteiger partial charge in [0.1, 0.15) is 0 Å². The second-order valence-corrected chi connectivity index (χ2v) is 5.63. The summed E-state index contributed by atoms with van der Waals surface area (Å²) in [5.41, 5.74) is 1.71. The van der Waals surface area contributed by atoms with Gasteiger partial charge in [-0.25, -0.2) is 0 Å². The summed E-state index contributed by atoms with van der Waals surface area (Å²) in [6.45, 7) is 4.64. The zero-order valence-electron chi connectivity index (χ0n) is 11.3. The van der Waals surface area contributed by atoms with Crippen LogP contribution >= 0.6 is 0 Å². The summed E-state index contributed by atoms with van der Waals surface area (Å²) in [5, 5.41) is 0. The fourth-order valence-corrected chi connectivity index (χ4v) is 2.47. The van der Waals surface area contributed by atoms with Crippen molar-refractivity contribution in [3.63, 3.8) is 0 Å². The Morgan fingerprint density at radius 3 is 2.56 bits per heavy atom. The Hall–Kier alpha value is -1.31. The van der Waals surface area contributed by atoms with Gasteiger partial charge in [-0.15, -0.1) is 0 Å². The number of hydrogen-bond donors (Lipinski definition) is 0. The topological polar surface area (TPSA) is 26.3 Å². The molecule has 0 N–H and O–H groups in total. The third kappa shape index (κ3) is 3.59. The lowest BCUT2D eigenvalue weighted by atomic mass is 9.85. The van der Waals surface area contributed by atoms with Crippen LogP contribution in [-0.4, -0.2) is 12.6 Å². The monoisotopic (exact) mass is 246 g/mol. The van der Waals surface area contributed by atoms with Crippen LogP contribution in [0.1, 0.15) is 51.0 Å². The van der Waals surface area contributed by atoms with Gasteiger partial charge in [-0.1, -0.05) is 37.3 Å². The Labute approximate surface area is 109 Å². The summed E-state index contributed by atoms with van der Waals surface area (Å²) >= 11 is 0. The molecular formula is C16H22O2. The Bertz CT molecular complexity index is 393. The number of carbonyl (C=O) groups excluding carboxylic acids is 1. The van der Waals surface area contributed by atoms with Crippen LogP contribution in [0.4, 0.5) is 0 Å². The summed E-state index contributed by atoms with van der Waals surface area (Å²) in [6, 6.07) is 10.3. The number of rotatable bonds is 6. The average Bonchev–Trinajstić information content (AvgIpc) is 3.08. The molecule has 0 aromatic heterocycles. The van der Waals surface area contributed by atoms with E-state index in [9.17, 15) is 4.79 Å². The SMILES string of the molecule is CCOC(=O)CC(CC1(C)CC1)c1ccccc1. The number of carbonyl (C=O) groups is 1. The zero-order chi connectivity index (χ0) is 13.0. The molecule has 2 nitrogen and oxygen atoms in total. The van der Waals surface area contributed by atoms with E-state index in [-0.39, 0.29) is 5.97 Å². The van der Waals surface area contributed by atoms with Crippen molar-refractivity contribution in [2.45, 2.75) is 45.4 Å². The van der Waals surface area contributed by atoms with Crippen LogP contribution in [0.2, 0.25) is 0 Å². The van der Waals surface area contributed by atoms with E-state index >= 15 is 0 Å². The van der Waals surface area contributed by atoms with Crippen molar-refractivity contribution in [1.29, 1.82) is 0 Å². The van der Waals surface area contributed by atoms with Gasteiger partial charge in [0.2, 0.25) is 0 Å². The molecule has 0 spiro atoms. The first-order valence-corrected chi connectivity index (χ1v) is 6.83. The van der Waals surface area contributed by atoms with Crippen molar-refractivity contribution in [2.75, 3.05) is 6.61 Å². The molecule has 0 saturated heterocycles. The Morgan fingerprint density at radius 1 is 1.33 bits per heavy atom. The Kier molecular flexibility index (Phi) is 4.05. The Morgan fingerprint density at radius 2 is 2.00 bits per heavy atom. The number of esters is 1. The van der Waals surface area contributed by atoms with Crippen molar-refractivity contribution >= 4 is 5.97 Å². The molecular weight excluding hydrogens is 224 g/mol. The van der Waals surface area contributed by atoms with E-state index in [0.29, 0.717) is 24.4 Å². The fourth-order valence-electron chi connectivity index (χ4n) is 2.47. The maximum atomic E-state index is 11.7. The summed E-state index contributed by atoms with van der Waals surface area (Å²) in [6.07, 6.45) is 4.18. The van der Waals surface area contributed by atoms with E-state index in [1.807, 2.05) is 25.1 Å². The van der Waals surface area contributed by atoms with E-state index in [1.165, 1.54) is 18.4 Å². The van der Waals surface area contributed by atoms with Gasteiger partial charge in [0.15, 0.2) is 0 Å². The first-order valence-electron chi connectivity index (χ1n) is 6.83. The van der Waals surface area contributed by atoms with Crippen molar-refractivity contribution in [3.05, 3.63) is 35.9 Å².